The van der Waals surface area contributed by atoms with Crippen LogP contribution < -0.4 is 11.6 Å². The van der Waals surface area contributed by atoms with Crippen molar-refractivity contribution >= 4 is 17.7 Å². The molecular formula is C6H14N4S. The molecule has 11 heavy (non-hydrogen) atoms. The summed E-state index contributed by atoms with van der Waals surface area (Å²) in [6, 6.07) is 0.459. The first-order valence-corrected chi connectivity index (χ1v) is 4.79. The highest BCUT2D eigenvalue weighted by Crippen LogP contribution is 2.14. The second-order valence-electron chi connectivity index (χ2n) is 2.60. The molecule has 1 atom stereocenters. The van der Waals surface area contributed by atoms with Crippen LogP contribution in [0.1, 0.15) is 6.92 Å². The van der Waals surface area contributed by atoms with E-state index in [0.717, 1.165) is 18.1 Å². The summed E-state index contributed by atoms with van der Waals surface area (Å²) in [6.07, 6.45) is 0. The van der Waals surface area contributed by atoms with Gasteiger partial charge in [0.1, 0.15) is 0 Å². The number of rotatable bonds is 0. The van der Waals surface area contributed by atoms with Gasteiger partial charge in [0.15, 0.2) is 0 Å². The third kappa shape index (κ3) is 1.92. The van der Waals surface area contributed by atoms with Crippen molar-refractivity contribution in [3.8, 4) is 0 Å². The highest BCUT2D eigenvalue weighted by molar-refractivity contribution is 7.99. The Kier molecular flexibility index (Phi) is 2.87. The molecule has 4 nitrogen and oxygen atoms in total. The van der Waals surface area contributed by atoms with Crippen LogP contribution >= 0.6 is 11.8 Å². The number of nitrogens with zero attached hydrogens (tertiary/aromatic N) is 2. The molecular weight excluding hydrogens is 160 g/mol. The Hall–Kier alpha value is -0.580. The van der Waals surface area contributed by atoms with E-state index in [1.165, 1.54) is 0 Å². The van der Waals surface area contributed by atoms with Gasteiger partial charge in [-0.1, -0.05) is 0 Å². The van der Waals surface area contributed by atoms with Crippen LogP contribution in [0, 0.1) is 0 Å². The molecule has 0 aromatic rings. The SMILES string of the molecule is CC1CSCCN1C(N)=NN. The molecule has 0 aromatic heterocycles. The molecule has 1 fully saturated rings. The monoisotopic (exact) mass is 174 g/mol. The van der Waals surface area contributed by atoms with E-state index in [2.05, 4.69) is 12.0 Å². The van der Waals surface area contributed by atoms with Gasteiger partial charge in [0.2, 0.25) is 5.96 Å². The van der Waals surface area contributed by atoms with Crippen LogP contribution in [0.5, 0.6) is 0 Å². The first-order valence-electron chi connectivity index (χ1n) is 3.63. The van der Waals surface area contributed by atoms with Crippen LogP contribution in [0.15, 0.2) is 5.10 Å². The van der Waals surface area contributed by atoms with Gasteiger partial charge in [-0.15, -0.1) is 5.10 Å². The molecule has 1 rings (SSSR count). The van der Waals surface area contributed by atoms with Gasteiger partial charge in [0.05, 0.1) is 0 Å². The third-order valence-corrected chi connectivity index (χ3v) is 2.98. The zero-order chi connectivity index (χ0) is 8.27. The fourth-order valence-electron chi connectivity index (χ4n) is 1.14. The molecule has 0 saturated carbocycles. The van der Waals surface area contributed by atoms with Crippen molar-refractivity contribution in [3.63, 3.8) is 0 Å². The van der Waals surface area contributed by atoms with E-state index in [1.807, 2.05) is 16.7 Å². The summed E-state index contributed by atoms with van der Waals surface area (Å²) in [5.41, 5.74) is 5.58. The lowest BCUT2D eigenvalue weighted by Gasteiger charge is -2.33. The summed E-state index contributed by atoms with van der Waals surface area (Å²) in [7, 11) is 0. The van der Waals surface area contributed by atoms with Crippen LogP contribution in [0.3, 0.4) is 0 Å². The first kappa shape index (κ1) is 8.52. The first-order chi connectivity index (χ1) is 5.25. The van der Waals surface area contributed by atoms with Gasteiger partial charge >= 0.3 is 0 Å². The number of hydrogen-bond donors (Lipinski definition) is 2. The number of hydrogen-bond acceptors (Lipinski definition) is 3. The normalized spacial score (nSPS) is 27.2. The van der Waals surface area contributed by atoms with Gasteiger partial charge < -0.3 is 16.5 Å². The van der Waals surface area contributed by atoms with Gasteiger partial charge in [0, 0.05) is 24.1 Å². The summed E-state index contributed by atoms with van der Waals surface area (Å²) in [5, 5.41) is 3.47. The van der Waals surface area contributed by atoms with Crippen molar-refractivity contribution in [2.75, 3.05) is 18.1 Å². The predicted molar refractivity (Wildman–Crippen MR) is 49.3 cm³/mol. The summed E-state index contributed by atoms with van der Waals surface area (Å²) in [6.45, 7) is 3.09. The minimum Gasteiger partial charge on any atom is -0.368 e. The zero-order valence-electron chi connectivity index (χ0n) is 6.66. The highest BCUT2D eigenvalue weighted by atomic mass is 32.2. The van der Waals surface area contributed by atoms with Gasteiger partial charge in [-0.05, 0) is 6.92 Å². The molecule has 0 amide bonds. The molecule has 1 aliphatic heterocycles. The second-order valence-corrected chi connectivity index (χ2v) is 3.75. The molecule has 0 aliphatic carbocycles. The number of guanidine groups is 1. The van der Waals surface area contributed by atoms with Crippen molar-refractivity contribution < 1.29 is 0 Å². The van der Waals surface area contributed by atoms with Crippen LogP contribution in [-0.2, 0) is 0 Å². The Labute approximate surface area is 71.0 Å². The van der Waals surface area contributed by atoms with E-state index in [-0.39, 0.29) is 0 Å². The largest absolute Gasteiger partial charge is 0.368 e. The molecule has 1 saturated heterocycles. The van der Waals surface area contributed by atoms with Crippen LogP contribution in [-0.4, -0.2) is 35.0 Å². The van der Waals surface area contributed by atoms with Crippen LogP contribution in [0.4, 0.5) is 0 Å². The van der Waals surface area contributed by atoms with Gasteiger partial charge in [-0.2, -0.15) is 11.8 Å². The lowest BCUT2D eigenvalue weighted by atomic mass is 10.3. The molecule has 5 heteroatoms. The number of thioether (sulfide) groups is 1. The van der Waals surface area contributed by atoms with E-state index < -0.39 is 0 Å². The van der Waals surface area contributed by atoms with Crippen molar-refractivity contribution in [1.82, 2.24) is 4.90 Å². The van der Waals surface area contributed by atoms with Crippen molar-refractivity contribution in [2.45, 2.75) is 13.0 Å². The van der Waals surface area contributed by atoms with Crippen molar-refractivity contribution in [2.24, 2.45) is 16.7 Å². The Morgan fingerprint density at radius 1 is 1.73 bits per heavy atom. The summed E-state index contributed by atoms with van der Waals surface area (Å²) in [5.74, 6) is 7.75. The van der Waals surface area contributed by atoms with E-state index in [4.69, 9.17) is 11.6 Å². The van der Waals surface area contributed by atoms with E-state index in [1.54, 1.807) is 0 Å². The molecule has 4 N–H and O–H groups in total. The van der Waals surface area contributed by atoms with Gasteiger partial charge in [-0.3, -0.25) is 0 Å². The maximum atomic E-state index is 5.58. The minimum atomic E-state index is 0.456. The lowest BCUT2D eigenvalue weighted by molar-refractivity contribution is 0.360. The maximum absolute atomic E-state index is 5.58. The van der Waals surface area contributed by atoms with Crippen LogP contribution in [0.25, 0.3) is 0 Å². The summed E-state index contributed by atoms with van der Waals surface area (Å²) in [4.78, 5) is 2.04. The average Bonchev–Trinajstić information content (AvgIpc) is 2.04. The Bertz CT molecular complexity index is 159. The van der Waals surface area contributed by atoms with Crippen molar-refractivity contribution in [3.05, 3.63) is 0 Å². The van der Waals surface area contributed by atoms with E-state index in [0.29, 0.717) is 12.0 Å². The highest BCUT2D eigenvalue weighted by Gasteiger charge is 2.19. The molecule has 1 heterocycles. The zero-order valence-corrected chi connectivity index (χ0v) is 7.47. The maximum Gasteiger partial charge on any atom is 0.213 e. The Balaban J connectivity index is 2.54. The van der Waals surface area contributed by atoms with E-state index in [9.17, 15) is 0 Å². The fraction of sp³-hybridized carbons (Fsp3) is 0.833. The minimum absolute atomic E-state index is 0.456. The predicted octanol–water partition coefficient (Wildman–Crippen LogP) is -0.388. The molecule has 0 spiro atoms. The molecule has 0 bridgehead atoms. The average molecular weight is 174 g/mol. The van der Waals surface area contributed by atoms with Crippen LogP contribution in [0.2, 0.25) is 0 Å². The molecule has 64 valence electrons. The summed E-state index contributed by atoms with van der Waals surface area (Å²) >= 11 is 1.94. The van der Waals surface area contributed by atoms with Gasteiger partial charge in [0.25, 0.3) is 0 Å². The Morgan fingerprint density at radius 2 is 2.45 bits per heavy atom. The summed E-state index contributed by atoms with van der Waals surface area (Å²) < 4.78 is 0. The number of nitrogens with two attached hydrogens (primary N) is 2. The Morgan fingerprint density at radius 3 is 3.00 bits per heavy atom. The van der Waals surface area contributed by atoms with Gasteiger partial charge in [-0.25, -0.2) is 0 Å². The molecule has 1 aliphatic rings. The number of hydrazone groups is 1. The smallest absolute Gasteiger partial charge is 0.213 e. The molecule has 0 aromatic carbocycles. The standard InChI is InChI=1S/C6H14N4S/c1-5-4-11-3-2-10(5)6(7)9-8/h5H,2-4,8H2,1H3,(H2,7,9). The van der Waals surface area contributed by atoms with E-state index >= 15 is 0 Å². The topological polar surface area (TPSA) is 67.6 Å². The fourth-order valence-corrected chi connectivity index (χ4v) is 2.16. The molecule has 1 unspecified atom stereocenters. The van der Waals surface area contributed by atoms with Crippen molar-refractivity contribution in [1.29, 1.82) is 0 Å². The lowest BCUT2D eigenvalue weighted by Crippen LogP contribution is -2.48. The molecule has 0 radical (unpaired) electrons. The quantitative estimate of drug-likeness (QED) is 0.227. The third-order valence-electron chi connectivity index (χ3n) is 1.79. The second kappa shape index (κ2) is 3.71.